The number of aryl methyl sites for hydroxylation is 2. The number of aromatic nitrogens is 2. The number of hydrogen-bond acceptors (Lipinski definition) is 4. The number of anilines is 1. The van der Waals surface area contributed by atoms with Gasteiger partial charge in [-0.15, -0.1) is 0 Å². The molecule has 0 spiro atoms. The van der Waals surface area contributed by atoms with E-state index in [9.17, 15) is 4.79 Å². The lowest BCUT2D eigenvalue weighted by atomic mass is 10.0. The summed E-state index contributed by atoms with van der Waals surface area (Å²) < 4.78 is 5.29. The van der Waals surface area contributed by atoms with Gasteiger partial charge in [0.2, 0.25) is 5.56 Å². The summed E-state index contributed by atoms with van der Waals surface area (Å²) >= 11 is 6.24. The molecule has 0 bridgehead atoms. The summed E-state index contributed by atoms with van der Waals surface area (Å²) in [6, 6.07) is 15.1. The summed E-state index contributed by atoms with van der Waals surface area (Å²) in [5.74, 6) is 0.766. The molecule has 0 fully saturated rings. The Bertz CT molecular complexity index is 1170. The molecular weight excluding hydrogens is 362 g/mol. The zero-order valence-corrected chi connectivity index (χ0v) is 15.7. The molecule has 4 aromatic rings. The average Bonchev–Trinajstić information content (AvgIpc) is 2.99. The second-order valence-electron chi connectivity index (χ2n) is 6.45. The van der Waals surface area contributed by atoms with Crippen LogP contribution in [0.25, 0.3) is 22.0 Å². The van der Waals surface area contributed by atoms with Gasteiger partial charge in [0.15, 0.2) is 0 Å². The predicted octanol–water partition coefficient (Wildman–Crippen LogP) is 5.07. The number of fused-ring (bicyclic) bond motifs is 1. The van der Waals surface area contributed by atoms with Gasteiger partial charge < -0.3 is 14.8 Å². The van der Waals surface area contributed by atoms with Gasteiger partial charge in [0.25, 0.3) is 0 Å². The maximum atomic E-state index is 12.1. The van der Waals surface area contributed by atoms with Crippen LogP contribution in [0.3, 0.4) is 0 Å². The maximum absolute atomic E-state index is 12.1. The van der Waals surface area contributed by atoms with Crippen LogP contribution in [0.1, 0.15) is 17.0 Å². The lowest BCUT2D eigenvalue weighted by Crippen LogP contribution is -2.09. The van der Waals surface area contributed by atoms with Gasteiger partial charge in [0.05, 0.1) is 11.2 Å². The number of nitrogens with zero attached hydrogens (tertiary/aromatic N) is 1. The van der Waals surface area contributed by atoms with Crippen LogP contribution >= 0.6 is 11.6 Å². The lowest BCUT2D eigenvalue weighted by Gasteiger charge is -2.12. The smallest absolute Gasteiger partial charge is 0.250 e. The van der Waals surface area contributed by atoms with E-state index in [0.717, 1.165) is 44.7 Å². The van der Waals surface area contributed by atoms with Crippen molar-refractivity contribution in [1.29, 1.82) is 0 Å². The van der Waals surface area contributed by atoms with Crippen molar-refractivity contribution in [1.82, 2.24) is 10.1 Å². The molecule has 4 rings (SSSR count). The molecular formula is C21H18ClN3O2. The minimum absolute atomic E-state index is 0.158. The van der Waals surface area contributed by atoms with E-state index in [2.05, 4.69) is 15.5 Å². The first-order chi connectivity index (χ1) is 13.0. The van der Waals surface area contributed by atoms with Gasteiger partial charge in [-0.05, 0) is 43.2 Å². The first-order valence-corrected chi connectivity index (χ1v) is 8.98. The number of nitrogens with one attached hydrogen (secondary N) is 2. The molecule has 0 aliphatic heterocycles. The molecule has 0 amide bonds. The van der Waals surface area contributed by atoms with Crippen LogP contribution in [0.5, 0.6) is 0 Å². The number of halogens is 1. The Hall–Kier alpha value is -3.05. The Morgan fingerprint density at radius 1 is 1.15 bits per heavy atom. The Morgan fingerprint density at radius 3 is 2.70 bits per heavy atom. The van der Waals surface area contributed by atoms with Gasteiger partial charge in [-0.2, -0.15) is 0 Å². The highest BCUT2D eigenvalue weighted by atomic mass is 35.5. The van der Waals surface area contributed by atoms with Crippen molar-refractivity contribution in [3.8, 4) is 11.1 Å². The summed E-state index contributed by atoms with van der Waals surface area (Å²) in [6.07, 6.45) is 0. The number of aromatic amines is 1. The number of H-pyrrole nitrogens is 1. The minimum Gasteiger partial charge on any atom is -0.380 e. The highest BCUT2D eigenvalue weighted by Gasteiger charge is 2.13. The van der Waals surface area contributed by atoms with Crippen molar-refractivity contribution in [3.05, 3.63) is 80.9 Å². The Labute approximate surface area is 161 Å². The molecule has 6 heteroatoms. The molecule has 136 valence electrons. The largest absolute Gasteiger partial charge is 0.380 e. The van der Waals surface area contributed by atoms with E-state index >= 15 is 0 Å². The SMILES string of the molecule is Cc1noc(C)c1-c1ccc2[nH]c(=O)cc(NCc3ccccc3Cl)c2c1. The third kappa shape index (κ3) is 3.34. The Balaban J connectivity index is 1.78. The fraction of sp³-hybridized carbons (Fsp3) is 0.143. The topological polar surface area (TPSA) is 70.9 Å². The predicted molar refractivity (Wildman–Crippen MR) is 108 cm³/mol. The molecule has 5 nitrogen and oxygen atoms in total. The van der Waals surface area contributed by atoms with Gasteiger partial charge in [0, 0.05) is 34.3 Å². The molecule has 2 heterocycles. The minimum atomic E-state index is -0.158. The molecule has 0 radical (unpaired) electrons. The lowest BCUT2D eigenvalue weighted by molar-refractivity contribution is 0.393. The summed E-state index contributed by atoms with van der Waals surface area (Å²) in [6.45, 7) is 4.33. The molecule has 0 saturated carbocycles. The van der Waals surface area contributed by atoms with E-state index < -0.39 is 0 Å². The quantitative estimate of drug-likeness (QED) is 0.519. The molecule has 2 N–H and O–H groups in total. The average molecular weight is 380 g/mol. The van der Waals surface area contributed by atoms with Crippen LogP contribution in [-0.4, -0.2) is 10.1 Å². The second-order valence-corrected chi connectivity index (χ2v) is 6.86. The first kappa shape index (κ1) is 17.4. The Kier molecular flexibility index (Phi) is 4.46. The highest BCUT2D eigenvalue weighted by Crippen LogP contribution is 2.31. The molecule has 0 aliphatic rings. The zero-order valence-electron chi connectivity index (χ0n) is 15.0. The summed E-state index contributed by atoms with van der Waals surface area (Å²) in [4.78, 5) is 14.9. The van der Waals surface area contributed by atoms with E-state index in [0.29, 0.717) is 11.6 Å². The van der Waals surface area contributed by atoms with E-state index in [4.69, 9.17) is 16.1 Å². The van der Waals surface area contributed by atoms with Gasteiger partial charge in [-0.1, -0.05) is 41.0 Å². The van der Waals surface area contributed by atoms with Crippen LogP contribution in [0, 0.1) is 13.8 Å². The normalized spacial score (nSPS) is 11.1. The fourth-order valence-corrected chi connectivity index (χ4v) is 3.49. The van der Waals surface area contributed by atoms with Crippen molar-refractivity contribution in [2.75, 3.05) is 5.32 Å². The van der Waals surface area contributed by atoms with Crippen molar-refractivity contribution < 1.29 is 4.52 Å². The van der Waals surface area contributed by atoms with Crippen molar-refractivity contribution in [3.63, 3.8) is 0 Å². The zero-order chi connectivity index (χ0) is 19.0. The highest BCUT2D eigenvalue weighted by molar-refractivity contribution is 6.31. The van der Waals surface area contributed by atoms with Gasteiger partial charge in [-0.25, -0.2) is 0 Å². The number of benzene rings is 2. The first-order valence-electron chi connectivity index (χ1n) is 8.60. The van der Waals surface area contributed by atoms with E-state index in [1.807, 2.05) is 56.3 Å². The van der Waals surface area contributed by atoms with Crippen LogP contribution in [-0.2, 0) is 6.54 Å². The summed E-state index contributed by atoms with van der Waals surface area (Å²) in [5.41, 5.74) is 5.12. The maximum Gasteiger partial charge on any atom is 0.250 e. The summed E-state index contributed by atoms with van der Waals surface area (Å²) in [5, 5.41) is 8.98. The number of rotatable bonds is 4. The van der Waals surface area contributed by atoms with Crippen LogP contribution in [0.4, 0.5) is 5.69 Å². The molecule has 0 atom stereocenters. The monoisotopic (exact) mass is 379 g/mol. The second kappa shape index (κ2) is 6.93. The molecule has 2 aromatic carbocycles. The number of hydrogen-bond donors (Lipinski definition) is 2. The van der Waals surface area contributed by atoms with Crippen molar-refractivity contribution in [2.45, 2.75) is 20.4 Å². The molecule has 27 heavy (non-hydrogen) atoms. The van der Waals surface area contributed by atoms with E-state index in [1.54, 1.807) is 6.07 Å². The van der Waals surface area contributed by atoms with Gasteiger partial charge in [-0.3, -0.25) is 4.79 Å². The molecule has 2 aromatic heterocycles. The Morgan fingerprint density at radius 2 is 1.96 bits per heavy atom. The third-order valence-corrected chi connectivity index (χ3v) is 4.96. The van der Waals surface area contributed by atoms with Gasteiger partial charge in [0.1, 0.15) is 5.76 Å². The molecule has 0 aliphatic carbocycles. The van der Waals surface area contributed by atoms with Crippen molar-refractivity contribution in [2.24, 2.45) is 0 Å². The van der Waals surface area contributed by atoms with Crippen molar-refractivity contribution >= 4 is 28.2 Å². The number of pyridine rings is 1. The molecule has 0 unspecified atom stereocenters. The van der Waals surface area contributed by atoms with Crippen LogP contribution in [0.2, 0.25) is 5.02 Å². The fourth-order valence-electron chi connectivity index (χ4n) is 3.28. The third-order valence-electron chi connectivity index (χ3n) is 4.59. The van der Waals surface area contributed by atoms with E-state index in [1.165, 1.54) is 0 Å². The van der Waals surface area contributed by atoms with E-state index in [-0.39, 0.29) is 5.56 Å². The molecule has 0 saturated heterocycles. The van der Waals surface area contributed by atoms with Crippen LogP contribution < -0.4 is 10.9 Å². The van der Waals surface area contributed by atoms with Gasteiger partial charge >= 0.3 is 0 Å². The summed E-state index contributed by atoms with van der Waals surface area (Å²) in [7, 11) is 0. The standard InChI is InChI=1S/C21H18ClN3O2/c1-12-21(13(2)27-25-12)14-7-8-18-16(9-14)19(10-20(26)24-18)23-11-15-5-3-4-6-17(15)22/h3-10H,11H2,1-2H3,(H2,23,24,26). The van der Waals surface area contributed by atoms with Crippen LogP contribution in [0.15, 0.2) is 57.8 Å².